The zero-order valence-corrected chi connectivity index (χ0v) is 14.2. The van der Waals surface area contributed by atoms with Crippen LogP contribution in [0.2, 0.25) is 5.02 Å². The van der Waals surface area contributed by atoms with Gasteiger partial charge in [0.2, 0.25) is 0 Å². The van der Waals surface area contributed by atoms with E-state index in [0.717, 1.165) is 29.4 Å². The smallest absolute Gasteiger partial charge is 0.141 e. The Kier molecular flexibility index (Phi) is 6.22. The normalized spacial score (nSPS) is 12.4. The summed E-state index contributed by atoms with van der Waals surface area (Å²) in [5.74, 6) is -0.376. The summed E-state index contributed by atoms with van der Waals surface area (Å²) in [6, 6.07) is 13.2. The summed E-state index contributed by atoms with van der Waals surface area (Å²) in [7, 11) is 0. The Hall–Kier alpha value is -0.900. The van der Waals surface area contributed by atoms with Gasteiger partial charge in [0, 0.05) is 10.5 Å². The third-order valence-corrected chi connectivity index (χ3v) is 4.36. The molecule has 0 aliphatic rings. The maximum atomic E-state index is 13.3. The zero-order valence-electron chi connectivity index (χ0n) is 11.9. The van der Waals surface area contributed by atoms with E-state index in [4.69, 9.17) is 11.6 Å². The van der Waals surface area contributed by atoms with Crippen molar-refractivity contribution >= 4 is 27.5 Å². The van der Waals surface area contributed by atoms with E-state index in [0.29, 0.717) is 0 Å². The maximum absolute atomic E-state index is 13.3. The second-order valence-corrected chi connectivity index (χ2v) is 6.24. The molecular weight excluding hydrogens is 353 g/mol. The molecule has 0 saturated carbocycles. The van der Waals surface area contributed by atoms with E-state index in [9.17, 15) is 4.39 Å². The highest BCUT2D eigenvalue weighted by Crippen LogP contribution is 2.27. The number of rotatable bonds is 6. The number of hydrogen-bond donors (Lipinski definition) is 1. The van der Waals surface area contributed by atoms with Crippen molar-refractivity contribution < 1.29 is 4.39 Å². The number of benzene rings is 2. The van der Waals surface area contributed by atoms with Gasteiger partial charge in [-0.05, 0) is 48.7 Å². The molecule has 0 aromatic heterocycles. The quantitative estimate of drug-likeness (QED) is 0.705. The minimum atomic E-state index is -0.376. The average molecular weight is 371 g/mol. The Balaban J connectivity index is 2.24. The fourth-order valence-corrected chi connectivity index (χ4v) is 3.03. The molecule has 1 unspecified atom stereocenters. The SMILES string of the molecule is CCCNC(Cc1ccc(F)c(Cl)c1)c1ccccc1Br. The first-order valence-corrected chi connectivity index (χ1v) is 8.20. The third kappa shape index (κ3) is 4.53. The van der Waals surface area contributed by atoms with Crippen molar-refractivity contribution in [1.29, 1.82) is 0 Å². The molecule has 2 aromatic carbocycles. The van der Waals surface area contributed by atoms with Crippen molar-refractivity contribution in [3.05, 3.63) is 68.9 Å². The summed E-state index contributed by atoms with van der Waals surface area (Å²) in [6.07, 6.45) is 1.83. The van der Waals surface area contributed by atoms with Crippen molar-refractivity contribution in [3.63, 3.8) is 0 Å². The van der Waals surface area contributed by atoms with Crippen LogP contribution in [0.5, 0.6) is 0 Å². The van der Waals surface area contributed by atoms with E-state index in [-0.39, 0.29) is 16.9 Å². The summed E-state index contributed by atoms with van der Waals surface area (Å²) in [5.41, 5.74) is 2.22. The largest absolute Gasteiger partial charge is 0.310 e. The summed E-state index contributed by atoms with van der Waals surface area (Å²) < 4.78 is 14.3. The molecule has 2 rings (SSSR count). The van der Waals surface area contributed by atoms with Gasteiger partial charge >= 0.3 is 0 Å². The van der Waals surface area contributed by atoms with Gasteiger partial charge < -0.3 is 5.32 Å². The second kappa shape index (κ2) is 7.92. The fourth-order valence-electron chi connectivity index (χ4n) is 2.27. The predicted molar refractivity (Wildman–Crippen MR) is 90.3 cm³/mol. The molecule has 112 valence electrons. The van der Waals surface area contributed by atoms with E-state index >= 15 is 0 Å². The molecule has 2 aromatic rings. The van der Waals surface area contributed by atoms with Gasteiger partial charge in [0.05, 0.1) is 5.02 Å². The maximum Gasteiger partial charge on any atom is 0.141 e. The topological polar surface area (TPSA) is 12.0 Å². The molecule has 4 heteroatoms. The average Bonchev–Trinajstić information content (AvgIpc) is 2.48. The lowest BCUT2D eigenvalue weighted by atomic mass is 9.98. The highest BCUT2D eigenvalue weighted by Gasteiger charge is 2.15. The van der Waals surface area contributed by atoms with E-state index in [1.807, 2.05) is 18.2 Å². The molecule has 21 heavy (non-hydrogen) atoms. The van der Waals surface area contributed by atoms with Crippen LogP contribution in [0.3, 0.4) is 0 Å². The molecule has 0 saturated heterocycles. The third-order valence-electron chi connectivity index (χ3n) is 3.35. The van der Waals surface area contributed by atoms with Crippen LogP contribution in [0.15, 0.2) is 46.9 Å². The Bertz CT molecular complexity index is 603. The lowest BCUT2D eigenvalue weighted by Crippen LogP contribution is -2.24. The van der Waals surface area contributed by atoms with Gasteiger partial charge in [-0.2, -0.15) is 0 Å². The molecule has 1 nitrogen and oxygen atoms in total. The van der Waals surface area contributed by atoms with Crippen LogP contribution in [-0.4, -0.2) is 6.54 Å². The Labute approximate surface area is 138 Å². The summed E-state index contributed by atoms with van der Waals surface area (Å²) in [6.45, 7) is 3.07. The molecule has 1 atom stereocenters. The molecule has 0 amide bonds. The first kappa shape index (κ1) is 16.5. The predicted octanol–water partition coefficient (Wildman–Crippen LogP) is 5.53. The van der Waals surface area contributed by atoms with Crippen molar-refractivity contribution in [3.8, 4) is 0 Å². The highest BCUT2D eigenvalue weighted by atomic mass is 79.9. The molecule has 1 N–H and O–H groups in total. The molecule has 0 aliphatic carbocycles. The first-order valence-electron chi connectivity index (χ1n) is 7.03. The van der Waals surface area contributed by atoms with Crippen molar-refractivity contribution in [2.24, 2.45) is 0 Å². The van der Waals surface area contributed by atoms with Crippen molar-refractivity contribution in [1.82, 2.24) is 5.32 Å². The van der Waals surface area contributed by atoms with Crippen LogP contribution >= 0.6 is 27.5 Å². The molecule has 0 fully saturated rings. The standard InChI is InChI=1S/C17H18BrClFN/c1-2-9-21-17(13-5-3-4-6-14(13)18)11-12-7-8-16(20)15(19)10-12/h3-8,10,17,21H,2,9,11H2,1H3. The second-order valence-electron chi connectivity index (χ2n) is 4.98. The number of halogens is 3. The molecule has 0 radical (unpaired) electrons. The molecule has 0 aliphatic heterocycles. The van der Waals surface area contributed by atoms with Gasteiger partial charge in [0.15, 0.2) is 0 Å². The van der Waals surface area contributed by atoms with Crippen molar-refractivity contribution in [2.45, 2.75) is 25.8 Å². The fraction of sp³-hybridized carbons (Fsp3) is 0.294. The van der Waals surface area contributed by atoms with Gasteiger partial charge in [0.25, 0.3) is 0 Å². The Morgan fingerprint density at radius 2 is 2.00 bits per heavy atom. The van der Waals surface area contributed by atoms with Crippen LogP contribution in [-0.2, 0) is 6.42 Å². The number of nitrogens with one attached hydrogen (secondary N) is 1. The minimum absolute atomic E-state index is 0.169. The Morgan fingerprint density at radius 3 is 2.67 bits per heavy atom. The molecule has 0 spiro atoms. The van der Waals surface area contributed by atoms with E-state index in [1.165, 1.54) is 11.6 Å². The van der Waals surface area contributed by atoms with Gasteiger partial charge in [-0.3, -0.25) is 0 Å². The van der Waals surface area contributed by atoms with E-state index < -0.39 is 0 Å². The van der Waals surface area contributed by atoms with Crippen LogP contribution in [0.25, 0.3) is 0 Å². The monoisotopic (exact) mass is 369 g/mol. The highest BCUT2D eigenvalue weighted by molar-refractivity contribution is 9.10. The summed E-state index contributed by atoms with van der Waals surface area (Å²) >= 11 is 9.48. The lowest BCUT2D eigenvalue weighted by Gasteiger charge is -2.20. The van der Waals surface area contributed by atoms with Gasteiger partial charge in [0.1, 0.15) is 5.82 Å². The van der Waals surface area contributed by atoms with Gasteiger partial charge in [-0.1, -0.05) is 58.7 Å². The minimum Gasteiger partial charge on any atom is -0.310 e. The summed E-state index contributed by atoms with van der Waals surface area (Å²) in [5, 5.41) is 3.72. The lowest BCUT2D eigenvalue weighted by molar-refractivity contribution is 0.527. The molecule has 0 heterocycles. The van der Waals surface area contributed by atoms with Crippen molar-refractivity contribution in [2.75, 3.05) is 6.54 Å². The summed E-state index contributed by atoms with van der Waals surface area (Å²) in [4.78, 5) is 0. The van der Waals surface area contributed by atoms with E-state index in [1.54, 1.807) is 12.1 Å². The van der Waals surface area contributed by atoms with Gasteiger partial charge in [-0.15, -0.1) is 0 Å². The first-order chi connectivity index (χ1) is 10.1. The molecular formula is C17H18BrClFN. The van der Waals surface area contributed by atoms with E-state index in [2.05, 4.69) is 34.2 Å². The van der Waals surface area contributed by atoms with Gasteiger partial charge in [-0.25, -0.2) is 4.39 Å². The molecule has 0 bridgehead atoms. The van der Waals surface area contributed by atoms with Crippen LogP contribution < -0.4 is 5.32 Å². The van der Waals surface area contributed by atoms with Crippen LogP contribution in [0, 0.1) is 5.82 Å². The van der Waals surface area contributed by atoms with Crippen LogP contribution in [0.1, 0.15) is 30.5 Å². The zero-order chi connectivity index (χ0) is 15.2. The number of hydrogen-bond acceptors (Lipinski definition) is 1. The Morgan fingerprint density at radius 1 is 1.24 bits per heavy atom. The van der Waals surface area contributed by atoms with Crippen LogP contribution in [0.4, 0.5) is 4.39 Å².